The van der Waals surface area contributed by atoms with Crippen LogP contribution in [0.25, 0.3) is 0 Å². The van der Waals surface area contributed by atoms with E-state index in [2.05, 4.69) is 5.32 Å². The summed E-state index contributed by atoms with van der Waals surface area (Å²) in [5.41, 5.74) is 0.218. The Hall–Kier alpha value is -2.13. The third-order valence-electron chi connectivity index (χ3n) is 4.56. The molecule has 0 saturated carbocycles. The van der Waals surface area contributed by atoms with E-state index in [1.165, 1.54) is 31.9 Å². The van der Waals surface area contributed by atoms with Crippen molar-refractivity contribution in [2.75, 3.05) is 18.6 Å². The minimum Gasteiger partial charge on any atom is -0.451 e. The minimum atomic E-state index is -3.14. The number of hydrogen-bond acceptors (Lipinski definition) is 6. The number of esters is 1. The van der Waals surface area contributed by atoms with Crippen molar-refractivity contribution in [3.63, 3.8) is 0 Å². The number of likely N-dealkylation sites (N-methyl/N-ethyl adjacent to an activating group) is 1. The first-order valence-corrected chi connectivity index (χ1v) is 10.9. The molecule has 0 spiro atoms. The molecular weight excluding hydrogens is 408 g/mol. The Morgan fingerprint density at radius 3 is 2.46 bits per heavy atom. The number of hydrogen-bond donors (Lipinski definition) is 1. The van der Waals surface area contributed by atoms with Crippen LogP contribution in [0.4, 0.5) is 0 Å². The van der Waals surface area contributed by atoms with Gasteiger partial charge in [-0.3, -0.25) is 9.59 Å². The molecule has 1 aromatic rings. The molecule has 28 heavy (non-hydrogen) atoms. The highest BCUT2D eigenvalue weighted by atomic mass is 35.5. The lowest BCUT2D eigenvalue weighted by molar-refractivity contribution is -0.160. The lowest BCUT2D eigenvalue weighted by Crippen LogP contribution is -2.46. The van der Waals surface area contributed by atoms with Crippen molar-refractivity contribution in [1.29, 1.82) is 0 Å². The molecular formula is C18H23ClN2O6S. The van der Waals surface area contributed by atoms with Gasteiger partial charge in [0.1, 0.15) is 6.04 Å². The molecule has 0 bridgehead atoms. The lowest BCUT2D eigenvalue weighted by Gasteiger charge is -2.27. The maximum Gasteiger partial charge on any atom is 0.329 e. The summed E-state index contributed by atoms with van der Waals surface area (Å²) in [6.07, 6.45) is -0.754. The molecule has 2 rings (SSSR count). The highest BCUT2D eigenvalue weighted by molar-refractivity contribution is 7.91. The SMILES string of the molecule is C[C@H](NC(=O)c1ccccc1Cl)C(=O)O[C@@H](C)C(=O)N(C)[C@@H]1CCS(=O)(=O)C1. The van der Waals surface area contributed by atoms with Crippen molar-refractivity contribution < 1.29 is 27.5 Å². The molecule has 0 unspecified atom stereocenters. The third-order valence-corrected chi connectivity index (χ3v) is 6.64. The zero-order valence-corrected chi connectivity index (χ0v) is 17.4. The van der Waals surface area contributed by atoms with Crippen LogP contribution in [0.1, 0.15) is 30.6 Å². The van der Waals surface area contributed by atoms with E-state index < -0.39 is 45.8 Å². The monoisotopic (exact) mass is 430 g/mol. The van der Waals surface area contributed by atoms with Gasteiger partial charge in [-0.15, -0.1) is 0 Å². The van der Waals surface area contributed by atoms with E-state index in [1.807, 2.05) is 0 Å². The maximum absolute atomic E-state index is 12.4. The quantitative estimate of drug-likeness (QED) is 0.675. The minimum absolute atomic E-state index is 0.0363. The molecule has 1 fully saturated rings. The molecule has 0 aliphatic carbocycles. The number of rotatable bonds is 6. The van der Waals surface area contributed by atoms with Crippen molar-refractivity contribution >= 4 is 39.2 Å². The number of carbonyl (C=O) groups is 3. The smallest absolute Gasteiger partial charge is 0.329 e. The molecule has 1 aromatic carbocycles. The van der Waals surface area contributed by atoms with Crippen LogP contribution < -0.4 is 5.32 Å². The number of halogens is 1. The molecule has 1 N–H and O–H groups in total. The molecule has 3 atom stereocenters. The van der Waals surface area contributed by atoms with Crippen LogP contribution in [0, 0.1) is 0 Å². The molecule has 8 nitrogen and oxygen atoms in total. The van der Waals surface area contributed by atoms with Crippen molar-refractivity contribution in [2.45, 2.75) is 38.5 Å². The Balaban J connectivity index is 1.91. The van der Waals surface area contributed by atoms with E-state index in [9.17, 15) is 22.8 Å². The summed E-state index contributed by atoms with van der Waals surface area (Å²) in [6, 6.07) is 4.96. The van der Waals surface area contributed by atoms with Crippen molar-refractivity contribution in [2.24, 2.45) is 0 Å². The first-order chi connectivity index (χ1) is 13.0. The van der Waals surface area contributed by atoms with E-state index in [0.717, 1.165) is 0 Å². The number of benzene rings is 1. The van der Waals surface area contributed by atoms with Gasteiger partial charge in [-0.1, -0.05) is 23.7 Å². The molecule has 154 valence electrons. The highest BCUT2D eigenvalue weighted by Gasteiger charge is 2.35. The number of ether oxygens (including phenoxy) is 1. The fraction of sp³-hybridized carbons (Fsp3) is 0.500. The Morgan fingerprint density at radius 2 is 1.89 bits per heavy atom. The first-order valence-electron chi connectivity index (χ1n) is 8.75. The first kappa shape index (κ1) is 22.2. The van der Waals surface area contributed by atoms with Crippen LogP contribution in [-0.2, 0) is 24.2 Å². The van der Waals surface area contributed by atoms with Gasteiger partial charge in [0.05, 0.1) is 22.1 Å². The molecule has 1 saturated heterocycles. The van der Waals surface area contributed by atoms with Crippen LogP contribution in [0.5, 0.6) is 0 Å². The van der Waals surface area contributed by atoms with Crippen LogP contribution in [-0.4, -0.2) is 67.8 Å². The largest absolute Gasteiger partial charge is 0.451 e. The number of nitrogens with zero attached hydrogens (tertiary/aromatic N) is 1. The van der Waals surface area contributed by atoms with Crippen LogP contribution >= 0.6 is 11.6 Å². The fourth-order valence-corrected chi connectivity index (χ4v) is 4.85. The van der Waals surface area contributed by atoms with Gasteiger partial charge < -0.3 is 15.0 Å². The van der Waals surface area contributed by atoms with Gasteiger partial charge in [0.25, 0.3) is 11.8 Å². The average Bonchev–Trinajstić information content (AvgIpc) is 3.00. The van der Waals surface area contributed by atoms with Crippen molar-refractivity contribution in [3.8, 4) is 0 Å². The standard InChI is InChI=1S/C18H23ClN2O6S/c1-11(20-16(22)14-6-4-5-7-15(14)19)18(24)27-12(2)17(23)21(3)13-8-9-28(25,26)10-13/h4-7,11-13H,8-10H2,1-3H3,(H,20,22)/t11-,12-,13+/m0/s1. The Morgan fingerprint density at radius 1 is 1.25 bits per heavy atom. The van der Waals surface area contributed by atoms with Crippen molar-refractivity contribution in [1.82, 2.24) is 10.2 Å². The Bertz CT molecular complexity index is 873. The van der Waals surface area contributed by atoms with Crippen LogP contribution in [0.15, 0.2) is 24.3 Å². The second kappa shape index (κ2) is 8.91. The normalized spacial score (nSPS) is 20.1. The Labute approximate surface area is 169 Å². The zero-order valence-electron chi connectivity index (χ0n) is 15.8. The zero-order chi connectivity index (χ0) is 21.1. The second-order valence-electron chi connectivity index (χ2n) is 6.76. The fourth-order valence-electron chi connectivity index (χ4n) is 2.85. The van der Waals surface area contributed by atoms with Gasteiger partial charge in [0.2, 0.25) is 0 Å². The molecule has 1 heterocycles. The van der Waals surface area contributed by atoms with Crippen LogP contribution in [0.3, 0.4) is 0 Å². The topological polar surface area (TPSA) is 110 Å². The number of sulfone groups is 1. The molecule has 0 aromatic heterocycles. The summed E-state index contributed by atoms with van der Waals surface area (Å²) < 4.78 is 28.3. The van der Waals surface area contributed by atoms with E-state index in [1.54, 1.807) is 18.2 Å². The third kappa shape index (κ3) is 5.45. The molecule has 10 heteroatoms. The van der Waals surface area contributed by atoms with Gasteiger partial charge in [0.15, 0.2) is 15.9 Å². The average molecular weight is 431 g/mol. The molecule has 0 radical (unpaired) electrons. The summed E-state index contributed by atoms with van der Waals surface area (Å²) in [5, 5.41) is 2.72. The summed E-state index contributed by atoms with van der Waals surface area (Å²) >= 11 is 5.96. The van der Waals surface area contributed by atoms with Gasteiger partial charge >= 0.3 is 5.97 Å². The van der Waals surface area contributed by atoms with E-state index in [0.29, 0.717) is 6.42 Å². The second-order valence-corrected chi connectivity index (χ2v) is 9.40. The summed E-state index contributed by atoms with van der Waals surface area (Å²) in [5.74, 6) is -1.88. The van der Waals surface area contributed by atoms with Crippen LogP contribution in [0.2, 0.25) is 5.02 Å². The predicted octanol–water partition coefficient (Wildman–Crippen LogP) is 1.04. The summed E-state index contributed by atoms with van der Waals surface area (Å²) in [4.78, 5) is 38.2. The molecule has 1 aliphatic heterocycles. The highest BCUT2D eigenvalue weighted by Crippen LogP contribution is 2.18. The number of amides is 2. The van der Waals surface area contributed by atoms with E-state index >= 15 is 0 Å². The summed E-state index contributed by atoms with van der Waals surface area (Å²) in [7, 11) is -1.65. The van der Waals surface area contributed by atoms with Gasteiger partial charge in [0, 0.05) is 13.1 Å². The van der Waals surface area contributed by atoms with Gasteiger partial charge in [-0.25, -0.2) is 13.2 Å². The summed E-state index contributed by atoms with van der Waals surface area (Å²) in [6.45, 7) is 2.84. The number of carbonyl (C=O) groups excluding carboxylic acids is 3. The Kier molecular flexibility index (Phi) is 7.06. The molecule has 1 aliphatic rings. The van der Waals surface area contributed by atoms with E-state index in [4.69, 9.17) is 16.3 Å². The van der Waals surface area contributed by atoms with Gasteiger partial charge in [-0.2, -0.15) is 0 Å². The van der Waals surface area contributed by atoms with Crippen molar-refractivity contribution in [3.05, 3.63) is 34.9 Å². The lowest BCUT2D eigenvalue weighted by atomic mass is 10.2. The van der Waals surface area contributed by atoms with E-state index in [-0.39, 0.29) is 22.1 Å². The van der Waals surface area contributed by atoms with Gasteiger partial charge in [-0.05, 0) is 32.4 Å². The molecule has 2 amide bonds. The predicted molar refractivity (Wildman–Crippen MR) is 104 cm³/mol. The maximum atomic E-state index is 12.4. The number of nitrogens with one attached hydrogen (secondary N) is 1.